The summed E-state index contributed by atoms with van der Waals surface area (Å²) in [6, 6.07) is 7.59. The minimum absolute atomic E-state index is 0.306. The molecule has 0 aliphatic rings. The second kappa shape index (κ2) is 7.41. The average molecular weight is 265 g/mol. The first-order valence-corrected chi connectivity index (χ1v) is 6.25. The van der Waals surface area contributed by atoms with Gasteiger partial charge in [0.2, 0.25) is 0 Å². The lowest BCUT2D eigenvalue weighted by Gasteiger charge is -2.24. The highest BCUT2D eigenvalue weighted by Gasteiger charge is 2.28. The number of nitrogens with zero attached hydrogens (tertiary/aromatic N) is 1. The van der Waals surface area contributed by atoms with Crippen molar-refractivity contribution in [3.05, 3.63) is 35.9 Å². The van der Waals surface area contributed by atoms with Gasteiger partial charge in [-0.2, -0.15) is 0 Å². The van der Waals surface area contributed by atoms with Gasteiger partial charge in [-0.15, -0.1) is 0 Å². The van der Waals surface area contributed by atoms with Crippen LogP contribution < -0.4 is 0 Å². The number of carbonyl (C=O) groups is 2. The van der Waals surface area contributed by atoms with Crippen LogP contribution in [-0.2, 0) is 9.53 Å². The molecule has 0 saturated heterocycles. The lowest BCUT2D eigenvalue weighted by atomic mass is 10.1. The normalized spacial score (nSPS) is 11.7. The number of hydrogen-bond acceptors (Lipinski definition) is 3. The number of rotatable bonds is 6. The first-order valence-electron chi connectivity index (χ1n) is 6.25. The van der Waals surface area contributed by atoms with Crippen LogP contribution >= 0.6 is 0 Å². The first-order chi connectivity index (χ1) is 9.07. The smallest absolute Gasteiger partial charge is 0.410 e. The molecule has 0 radical (unpaired) electrons. The summed E-state index contributed by atoms with van der Waals surface area (Å²) in [5, 5.41) is 9.27. The maximum absolute atomic E-state index is 11.8. The fourth-order valence-corrected chi connectivity index (χ4v) is 1.68. The SMILES string of the molecule is CCCCOC(=O)N(C)C(C(=O)O)c1ccccc1. The van der Waals surface area contributed by atoms with Gasteiger partial charge >= 0.3 is 12.1 Å². The Morgan fingerprint density at radius 2 is 1.95 bits per heavy atom. The Kier molecular flexibility index (Phi) is 5.85. The molecule has 0 aromatic heterocycles. The molecule has 1 rings (SSSR count). The summed E-state index contributed by atoms with van der Waals surface area (Å²) in [7, 11) is 1.43. The van der Waals surface area contributed by atoms with Crippen molar-refractivity contribution in [2.45, 2.75) is 25.8 Å². The van der Waals surface area contributed by atoms with Gasteiger partial charge in [-0.25, -0.2) is 9.59 Å². The molecule has 0 saturated carbocycles. The molecule has 0 heterocycles. The fraction of sp³-hybridized carbons (Fsp3) is 0.429. The molecular weight excluding hydrogens is 246 g/mol. The van der Waals surface area contributed by atoms with E-state index in [1.807, 2.05) is 6.92 Å². The molecule has 0 aliphatic carbocycles. The van der Waals surface area contributed by atoms with Gasteiger partial charge in [0.15, 0.2) is 6.04 Å². The van der Waals surface area contributed by atoms with Crippen LogP contribution in [0.2, 0.25) is 0 Å². The number of benzene rings is 1. The van der Waals surface area contributed by atoms with Gasteiger partial charge < -0.3 is 9.84 Å². The van der Waals surface area contributed by atoms with E-state index >= 15 is 0 Å². The summed E-state index contributed by atoms with van der Waals surface area (Å²) in [5.41, 5.74) is 0.546. The maximum Gasteiger partial charge on any atom is 0.410 e. The molecule has 5 nitrogen and oxygen atoms in total. The van der Waals surface area contributed by atoms with Crippen molar-refractivity contribution in [2.75, 3.05) is 13.7 Å². The number of carbonyl (C=O) groups excluding carboxylic acids is 1. The summed E-state index contributed by atoms with van der Waals surface area (Å²) in [6.45, 7) is 2.29. The molecule has 104 valence electrons. The van der Waals surface area contributed by atoms with Gasteiger partial charge in [0.05, 0.1) is 6.61 Å². The molecule has 19 heavy (non-hydrogen) atoms. The Balaban J connectivity index is 2.77. The second-order valence-electron chi connectivity index (χ2n) is 4.23. The molecule has 0 aliphatic heterocycles. The van der Waals surface area contributed by atoms with Crippen molar-refractivity contribution in [2.24, 2.45) is 0 Å². The van der Waals surface area contributed by atoms with Crippen LogP contribution in [0.3, 0.4) is 0 Å². The number of unbranched alkanes of at least 4 members (excludes halogenated alkanes) is 1. The number of hydrogen-bond donors (Lipinski definition) is 1. The highest BCUT2D eigenvalue weighted by Crippen LogP contribution is 2.20. The van der Waals surface area contributed by atoms with E-state index in [9.17, 15) is 14.7 Å². The van der Waals surface area contributed by atoms with Gasteiger partial charge in [0, 0.05) is 7.05 Å². The molecule has 1 atom stereocenters. The van der Waals surface area contributed by atoms with Crippen molar-refractivity contribution >= 4 is 12.1 Å². The summed E-state index contributed by atoms with van der Waals surface area (Å²) < 4.78 is 5.02. The van der Waals surface area contributed by atoms with Crippen LogP contribution in [0.4, 0.5) is 4.79 Å². The fourth-order valence-electron chi connectivity index (χ4n) is 1.68. The molecule has 1 N–H and O–H groups in total. The summed E-state index contributed by atoms with van der Waals surface area (Å²) in [5.74, 6) is -1.08. The van der Waals surface area contributed by atoms with Crippen LogP contribution in [0.25, 0.3) is 0 Å². The number of ether oxygens (including phenoxy) is 1. The van der Waals surface area contributed by atoms with Crippen LogP contribution in [0.5, 0.6) is 0 Å². The number of aliphatic carboxylic acids is 1. The average Bonchev–Trinajstić information content (AvgIpc) is 2.39. The van der Waals surface area contributed by atoms with Crippen LogP contribution in [0, 0.1) is 0 Å². The Morgan fingerprint density at radius 1 is 1.32 bits per heavy atom. The van der Waals surface area contributed by atoms with E-state index in [1.165, 1.54) is 7.05 Å². The van der Waals surface area contributed by atoms with E-state index in [4.69, 9.17) is 4.74 Å². The van der Waals surface area contributed by atoms with E-state index < -0.39 is 18.1 Å². The Hall–Kier alpha value is -2.04. The minimum Gasteiger partial charge on any atom is -0.479 e. The third-order valence-electron chi connectivity index (χ3n) is 2.75. The third kappa shape index (κ3) is 4.28. The van der Waals surface area contributed by atoms with Crippen molar-refractivity contribution in [3.8, 4) is 0 Å². The zero-order valence-corrected chi connectivity index (χ0v) is 11.2. The van der Waals surface area contributed by atoms with E-state index in [2.05, 4.69) is 0 Å². The van der Waals surface area contributed by atoms with Gasteiger partial charge in [-0.1, -0.05) is 43.7 Å². The molecule has 1 aromatic rings. The van der Waals surface area contributed by atoms with E-state index in [1.54, 1.807) is 30.3 Å². The second-order valence-corrected chi connectivity index (χ2v) is 4.23. The highest BCUT2D eigenvalue weighted by molar-refractivity contribution is 5.81. The van der Waals surface area contributed by atoms with E-state index in [0.717, 1.165) is 17.7 Å². The van der Waals surface area contributed by atoms with Crippen molar-refractivity contribution in [1.29, 1.82) is 0 Å². The number of likely N-dealkylation sites (N-methyl/N-ethyl adjacent to an activating group) is 1. The van der Waals surface area contributed by atoms with Crippen molar-refractivity contribution in [1.82, 2.24) is 4.90 Å². The standard InChI is InChI=1S/C14H19NO4/c1-3-4-10-19-14(18)15(2)12(13(16)17)11-8-6-5-7-9-11/h5-9,12H,3-4,10H2,1-2H3,(H,16,17). The lowest BCUT2D eigenvalue weighted by molar-refractivity contribution is -0.142. The molecule has 1 amide bonds. The lowest BCUT2D eigenvalue weighted by Crippen LogP contribution is -2.36. The molecule has 5 heteroatoms. The molecule has 0 bridgehead atoms. The summed E-state index contributed by atoms with van der Waals surface area (Å²) in [4.78, 5) is 24.2. The number of carboxylic acid groups (broad SMARTS) is 1. The Labute approximate surface area is 112 Å². The molecule has 0 fully saturated rings. The maximum atomic E-state index is 11.8. The molecular formula is C14H19NO4. The minimum atomic E-state index is -1.08. The van der Waals surface area contributed by atoms with Gasteiger partial charge in [0.1, 0.15) is 0 Å². The predicted octanol–water partition coefficient (Wildman–Crippen LogP) is 2.68. The van der Waals surface area contributed by atoms with Gasteiger partial charge in [0.25, 0.3) is 0 Å². The van der Waals surface area contributed by atoms with E-state index in [-0.39, 0.29) is 0 Å². The van der Waals surface area contributed by atoms with Crippen molar-refractivity contribution in [3.63, 3.8) is 0 Å². The monoisotopic (exact) mass is 265 g/mol. The highest BCUT2D eigenvalue weighted by atomic mass is 16.6. The number of carboxylic acids is 1. The predicted molar refractivity (Wildman–Crippen MR) is 70.8 cm³/mol. The Bertz CT molecular complexity index is 419. The quantitative estimate of drug-likeness (QED) is 0.803. The van der Waals surface area contributed by atoms with Crippen LogP contribution in [-0.4, -0.2) is 35.7 Å². The summed E-state index contributed by atoms with van der Waals surface area (Å²) >= 11 is 0. The first kappa shape index (κ1) is 15.0. The topological polar surface area (TPSA) is 66.8 Å². The molecule has 1 unspecified atom stereocenters. The zero-order chi connectivity index (χ0) is 14.3. The molecule has 0 spiro atoms. The van der Waals surface area contributed by atoms with E-state index in [0.29, 0.717) is 12.2 Å². The summed E-state index contributed by atoms with van der Waals surface area (Å²) in [6.07, 6.45) is 1.06. The Morgan fingerprint density at radius 3 is 2.47 bits per heavy atom. The largest absolute Gasteiger partial charge is 0.479 e. The van der Waals surface area contributed by atoms with Crippen LogP contribution in [0.15, 0.2) is 30.3 Å². The van der Waals surface area contributed by atoms with Crippen LogP contribution in [0.1, 0.15) is 31.4 Å². The van der Waals surface area contributed by atoms with Gasteiger partial charge in [-0.05, 0) is 12.0 Å². The zero-order valence-electron chi connectivity index (χ0n) is 11.2. The third-order valence-corrected chi connectivity index (χ3v) is 2.75. The molecule has 1 aromatic carbocycles. The van der Waals surface area contributed by atoms with Gasteiger partial charge in [-0.3, -0.25) is 4.90 Å². The number of amides is 1. The van der Waals surface area contributed by atoms with Crippen molar-refractivity contribution < 1.29 is 19.4 Å².